The van der Waals surface area contributed by atoms with Crippen LogP contribution < -0.4 is 5.63 Å². The summed E-state index contributed by atoms with van der Waals surface area (Å²) in [6.45, 7) is 4.27. The monoisotopic (exact) mass is 425 g/mol. The van der Waals surface area contributed by atoms with E-state index in [-0.39, 0.29) is 5.63 Å². The van der Waals surface area contributed by atoms with E-state index >= 15 is 0 Å². The molecule has 0 amide bonds. The van der Waals surface area contributed by atoms with Gasteiger partial charge >= 0.3 is 5.63 Å². The fourth-order valence-corrected chi connectivity index (χ4v) is 3.95. The summed E-state index contributed by atoms with van der Waals surface area (Å²) < 4.78 is 16.5. The molecule has 3 heterocycles. The van der Waals surface area contributed by atoms with Crippen molar-refractivity contribution in [2.75, 3.05) is 20.3 Å². The van der Waals surface area contributed by atoms with Gasteiger partial charge in [-0.1, -0.05) is 25.1 Å². The molecule has 8 heteroatoms. The topological polar surface area (TPSA) is 81.6 Å². The molecule has 0 saturated carbocycles. The molecule has 0 N–H and O–H groups in total. The molecule has 0 atom stereocenters. The van der Waals surface area contributed by atoms with E-state index in [9.17, 15) is 4.79 Å². The van der Waals surface area contributed by atoms with E-state index in [0.717, 1.165) is 27.8 Å². The van der Waals surface area contributed by atoms with Crippen LogP contribution in [0, 0.1) is 0 Å². The van der Waals surface area contributed by atoms with Crippen molar-refractivity contribution in [1.82, 2.24) is 15.1 Å². The van der Waals surface area contributed by atoms with Crippen molar-refractivity contribution in [1.29, 1.82) is 0 Å². The van der Waals surface area contributed by atoms with Crippen LogP contribution in [0.15, 0.2) is 55.4 Å². The van der Waals surface area contributed by atoms with Gasteiger partial charge in [0.25, 0.3) is 5.89 Å². The molecule has 156 valence electrons. The molecule has 0 saturated heterocycles. The van der Waals surface area contributed by atoms with Crippen LogP contribution in [0.3, 0.4) is 0 Å². The first-order valence-corrected chi connectivity index (χ1v) is 10.7. The van der Waals surface area contributed by atoms with Gasteiger partial charge in [0.2, 0.25) is 5.89 Å². The predicted octanol–water partition coefficient (Wildman–Crippen LogP) is 4.12. The number of nitrogens with zero attached hydrogens (tertiary/aromatic N) is 3. The van der Waals surface area contributed by atoms with Gasteiger partial charge < -0.3 is 13.6 Å². The van der Waals surface area contributed by atoms with Crippen molar-refractivity contribution in [3.8, 4) is 10.8 Å². The van der Waals surface area contributed by atoms with Crippen LogP contribution >= 0.6 is 11.3 Å². The molecule has 0 aliphatic heterocycles. The van der Waals surface area contributed by atoms with Crippen LogP contribution in [0.4, 0.5) is 0 Å². The van der Waals surface area contributed by atoms with E-state index in [1.54, 1.807) is 24.5 Å². The van der Waals surface area contributed by atoms with Crippen LogP contribution in [-0.2, 0) is 24.2 Å². The second kappa shape index (κ2) is 9.34. The smallest absolute Gasteiger partial charge is 0.336 e. The van der Waals surface area contributed by atoms with Crippen molar-refractivity contribution >= 4 is 22.3 Å². The van der Waals surface area contributed by atoms with Gasteiger partial charge in [-0.25, -0.2) is 4.79 Å². The van der Waals surface area contributed by atoms with Crippen molar-refractivity contribution in [2.24, 2.45) is 0 Å². The second-order valence-electron chi connectivity index (χ2n) is 6.96. The molecule has 4 rings (SSSR count). The Hall–Kier alpha value is -2.81. The molecule has 30 heavy (non-hydrogen) atoms. The Balaban J connectivity index is 1.59. The lowest BCUT2D eigenvalue weighted by Gasteiger charge is -2.20. The number of methoxy groups -OCH3 is 1. The number of ether oxygens (including phenoxy) is 1. The summed E-state index contributed by atoms with van der Waals surface area (Å²) in [5.74, 6) is 1.04. The predicted molar refractivity (Wildman–Crippen MR) is 115 cm³/mol. The molecule has 0 aliphatic carbocycles. The van der Waals surface area contributed by atoms with E-state index in [1.807, 2.05) is 29.6 Å². The highest BCUT2D eigenvalue weighted by Gasteiger charge is 2.16. The first kappa shape index (κ1) is 20.5. The minimum atomic E-state index is -0.352. The van der Waals surface area contributed by atoms with Gasteiger partial charge in [0.1, 0.15) is 5.58 Å². The summed E-state index contributed by atoms with van der Waals surface area (Å²) in [4.78, 5) is 15.2. The summed E-state index contributed by atoms with van der Waals surface area (Å²) in [5.41, 5.74) is 2.29. The zero-order valence-electron chi connectivity index (χ0n) is 17.0. The lowest BCUT2D eigenvalue weighted by molar-refractivity contribution is 0.134. The zero-order valence-corrected chi connectivity index (χ0v) is 17.8. The van der Waals surface area contributed by atoms with Crippen molar-refractivity contribution in [2.45, 2.75) is 26.4 Å². The summed E-state index contributed by atoms with van der Waals surface area (Å²) in [7, 11) is 1.67. The van der Waals surface area contributed by atoms with Crippen molar-refractivity contribution in [3.05, 3.63) is 69.2 Å². The largest absolute Gasteiger partial charge is 0.423 e. The number of benzene rings is 1. The van der Waals surface area contributed by atoms with Crippen LogP contribution in [0.2, 0.25) is 0 Å². The second-order valence-corrected chi connectivity index (χ2v) is 7.90. The van der Waals surface area contributed by atoms with Gasteiger partial charge in [-0.05, 0) is 35.1 Å². The van der Waals surface area contributed by atoms with Crippen molar-refractivity contribution < 1.29 is 13.6 Å². The lowest BCUT2D eigenvalue weighted by atomic mass is 10.1. The summed E-state index contributed by atoms with van der Waals surface area (Å²) in [5, 5.41) is 11.2. The van der Waals surface area contributed by atoms with Crippen LogP contribution in [0.1, 0.15) is 23.9 Å². The molecule has 7 nitrogen and oxygen atoms in total. The number of aryl methyl sites for hydroxylation is 1. The fourth-order valence-electron chi connectivity index (χ4n) is 3.31. The number of thiophene rings is 1. The number of aromatic nitrogens is 2. The molecule has 3 aromatic heterocycles. The minimum absolute atomic E-state index is 0.352. The molecule has 0 bridgehead atoms. The van der Waals surface area contributed by atoms with Gasteiger partial charge in [-0.15, -0.1) is 21.5 Å². The summed E-state index contributed by atoms with van der Waals surface area (Å²) >= 11 is 1.56. The highest BCUT2D eigenvalue weighted by atomic mass is 32.1. The molecule has 4 aromatic rings. The van der Waals surface area contributed by atoms with E-state index < -0.39 is 0 Å². The minimum Gasteiger partial charge on any atom is -0.423 e. The Kier molecular flexibility index (Phi) is 6.37. The van der Waals surface area contributed by atoms with E-state index in [0.29, 0.717) is 43.6 Å². The Morgan fingerprint density at radius 1 is 1.13 bits per heavy atom. The van der Waals surface area contributed by atoms with Crippen LogP contribution in [0.5, 0.6) is 0 Å². The van der Waals surface area contributed by atoms with Gasteiger partial charge in [0.05, 0.1) is 18.0 Å². The van der Waals surface area contributed by atoms with Gasteiger partial charge in [-0.3, -0.25) is 4.90 Å². The normalized spacial score (nSPS) is 11.6. The molecule has 0 unspecified atom stereocenters. The van der Waals surface area contributed by atoms with E-state index in [4.69, 9.17) is 13.6 Å². The molecule has 0 spiro atoms. The average molecular weight is 426 g/mol. The SMILES string of the molecule is CCc1ccc2c(CN(CCOC)Cc3nnc(-c4cccs4)o3)cc(=O)oc2c1. The third kappa shape index (κ3) is 4.67. The van der Waals surface area contributed by atoms with Crippen LogP contribution in [0.25, 0.3) is 21.7 Å². The molecular formula is C22H23N3O4S. The Bertz CT molecular complexity index is 1170. The van der Waals surface area contributed by atoms with Gasteiger partial charge in [0, 0.05) is 31.7 Å². The summed E-state index contributed by atoms with van der Waals surface area (Å²) in [6, 6.07) is 11.5. The molecule has 0 aliphatic rings. The maximum atomic E-state index is 12.1. The first-order valence-electron chi connectivity index (χ1n) is 9.79. The number of fused-ring (bicyclic) bond motifs is 1. The maximum Gasteiger partial charge on any atom is 0.336 e. The third-order valence-electron chi connectivity index (χ3n) is 4.87. The number of rotatable bonds is 9. The molecule has 0 radical (unpaired) electrons. The first-order chi connectivity index (χ1) is 14.7. The lowest BCUT2D eigenvalue weighted by Crippen LogP contribution is -2.27. The Labute approximate surface area is 177 Å². The summed E-state index contributed by atoms with van der Waals surface area (Å²) in [6.07, 6.45) is 0.883. The standard InChI is InChI=1S/C22H23N3O4S/c1-3-15-6-7-17-16(12-21(26)28-18(17)11-15)13-25(8-9-27-2)14-20-23-24-22(29-20)19-5-4-10-30-19/h4-7,10-12H,3,8-9,13-14H2,1-2H3. The average Bonchev–Trinajstić information content (AvgIpc) is 3.43. The maximum absolute atomic E-state index is 12.1. The number of hydrogen-bond acceptors (Lipinski definition) is 8. The van der Waals surface area contributed by atoms with E-state index in [1.165, 1.54) is 0 Å². The third-order valence-corrected chi connectivity index (χ3v) is 5.72. The number of hydrogen-bond donors (Lipinski definition) is 0. The van der Waals surface area contributed by atoms with Crippen molar-refractivity contribution in [3.63, 3.8) is 0 Å². The van der Waals surface area contributed by atoms with Gasteiger partial charge in [-0.2, -0.15) is 0 Å². The Morgan fingerprint density at radius 3 is 2.80 bits per heavy atom. The fraction of sp³-hybridized carbons (Fsp3) is 0.318. The zero-order chi connectivity index (χ0) is 20.9. The highest BCUT2D eigenvalue weighted by Crippen LogP contribution is 2.24. The molecule has 0 fully saturated rings. The molecule has 1 aromatic carbocycles. The van der Waals surface area contributed by atoms with Crippen LogP contribution in [-0.4, -0.2) is 35.4 Å². The van der Waals surface area contributed by atoms with Gasteiger partial charge in [0.15, 0.2) is 0 Å². The highest BCUT2D eigenvalue weighted by molar-refractivity contribution is 7.13. The quantitative estimate of drug-likeness (QED) is 0.373. The Morgan fingerprint density at radius 2 is 2.03 bits per heavy atom. The van der Waals surface area contributed by atoms with E-state index in [2.05, 4.69) is 28.1 Å². The molecular weight excluding hydrogens is 402 g/mol.